The number of phenols is 1. The molecule has 0 radical (unpaired) electrons. The van der Waals surface area contributed by atoms with Crippen molar-refractivity contribution < 1.29 is 14.2 Å². The minimum absolute atomic E-state index is 0.000000000000000444. The Hall–Kier alpha value is -0.930. The molecule has 1 N–H and O–H groups in total. The van der Waals surface area contributed by atoms with Gasteiger partial charge in [-0.15, -0.1) is 0 Å². The van der Waals surface area contributed by atoms with E-state index in [9.17, 15) is 4.79 Å². The van der Waals surface area contributed by atoms with Crippen LogP contribution in [0.25, 0.3) is 0 Å². The van der Waals surface area contributed by atoms with Crippen molar-refractivity contribution in [2.75, 3.05) is 0 Å². The lowest BCUT2D eigenvalue weighted by Gasteiger charge is -2.03. The Morgan fingerprint density at radius 1 is 1.50 bits per heavy atom. The maximum absolute atomic E-state index is 10.3. The second kappa shape index (κ2) is 3.65. The highest BCUT2D eigenvalue weighted by molar-refractivity contribution is 6.35. The lowest BCUT2D eigenvalue weighted by molar-refractivity contribution is 0.112. The molecule has 64 valence electrons. The maximum Gasteiger partial charge on any atom is 0.207 e. The summed E-state index contributed by atoms with van der Waals surface area (Å²) in [7, 11) is 0. The van der Waals surface area contributed by atoms with Gasteiger partial charge in [-0.25, -0.2) is 0 Å². The minimum Gasteiger partial charge on any atom is -0.504 e. The summed E-state index contributed by atoms with van der Waals surface area (Å²) < 4.78 is 4.25. The number of aromatic hydroxyl groups is 1. The van der Waals surface area contributed by atoms with Crippen LogP contribution in [0.4, 0.5) is 0 Å². The van der Waals surface area contributed by atoms with Gasteiger partial charge in [-0.05, 0) is 12.1 Å². The molecule has 0 aliphatic rings. The first kappa shape index (κ1) is 9.16. The van der Waals surface area contributed by atoms with E-state index in [2.05, 4.69) is 4.29 Å². The van der Waals surface area contributed by atoms with Gasteiger partial charge in [0.05, 0.1) is 5.02 Å². The van der Waals surface area contributed by atoms with E-state index in [0.29, 0.717) is 6.29 Å². The smallest absolute Gasteiger partial charge is 0.207 e. The molecule has 12 heavy (non-hydrogen) atoms. The molecular formula is C7H4Cl2O3. The number of hydrogen-bond donors (Lipinski definition) is 1. The molecule has 0 aliphatic heterocycles. The van der Waals surface area contributed by atoms with E-state index >= 15 is 0 Å². The molecule has 0 heterocycles. The topological polar surface area (TPSA) is 46.5 Å². The summed E-state index contributed by atoms with van der Waals surface area (Å²) in [4.78, 5) is 10.3. The Morgan fingerprint density at radius 3 is 2.67 bits per heavy atom. The van der Waals surface area contributed by atoms with E-state index in [1.54, 1.807) is 0 Å². The Kier molecular flexibility index (Phi) is 2.78. The number of phenolic OH excluding ortho intramolecular Hbond substituents is 1. The summed E-state index contributed by atoms with van der Waals surface area (Å²) in [5, 5.41) is 9.10. The summed E-state index contributed by atoms with van der Waals surface area (Å²) >= 11 is 10.6. The SMILES string of the molecule is O=Cc1ccc(O)c(OCl)c1Cl. The second-order valence-electron chi connectivity index (χ2n) is 2.01. The number of rotatable bonds is 2. The third-order valence-corrected chi connectivity index (χ3v) is 1.85. The molecule has 0 aliphatic carbocycles. The Morgan fingerprint density at radius 2 is 2.17 bits per heavy atom. The van der Waals surface area contributed by atoms with E-state index in [1.165, 1.54) is 12.1 Å². The molecule has 0 amide bonds. The van der Waals surface area contributed by atoms with E-state index < -0.39 is 0 Å². The third kappa shape index (κ3) is 1.47. The predicted molar refractivity (Wildman–Crippen MR) is 45.0 cm³/mol. The summed E-state index contributed by atoms with van der Waals surface area (Å²) in [6, 6.07) is 2.64. The van der Waals surface area contributed by atoms with Crippen LogP contribution in [0.1, 0.15) is 10.4 Å². The van der Waals surface area contributed by atoms with E-state index in [0.717, 1.165) is 0 Å². The molecule has 1 aromatic carbocycles. The number of benzene rings is 1. The van der Waals surface area contributed by atoms with Gasteiger partial charge in [-0.3, -0.25) is 4.79 Å². The second-order valence-corrected chi connectivity index (χ2v) is 2.54. The summed E-state index contributed by atoms with van der Waals surface area (Å²) in [5.41, 5.74) is 0.213. The first-order chi connectivity index (χ1) is 5.70. The molecule has 0 spiro atoms. The van der Waals surface area contributed by atoms with Crippen LogP contribution in [0, 0.1) is 0 Å². The highest BCUT2D eigenvalue weighted by Crippen LogP contribution is 2.36. The normalized spacial score (nSPS) is 9.50. The van der Waals surface area contributed by atoms with Crippen molar-refractivity contribution in [1.29, 1.82) is 0 Å². The molecule has 0 bridgehead atoms. The highest BCUT2D eigenvalue weighted by atomic mass is 35.5. The van der Waals surface area contributed by atoms with Crippen LogP contribution in [-0.4, -0.2) is 11.4 Å². The van der Waals surface area contributed by atoms with Crippen LogP contribution in [0.2, 0.25) is 5.02 Å². The first-order valence-corrected chi connectivity index (χ1v) is 3.64. The molecule has 0 atom stereocenters. The molecule has 0 saturated heterocycles. The van der Waals surface area contributed by atoms with Gasteiger partial charge in [0, 0.05) is 5.56 Å². The highest BCUT2D eigenvalue weighted by Gasteiger charge is 2.11. The van der Waals surface area contributed by atoms with Crippen LogP contribution < -0.4 is 4.29 Å². The average molecular weight is 207 g/mol. The summed E-state index contributed by atoms with van der Waals surface area (Å²) in [6.07, 6.45) is 0.543. The maximum atomic E-state index is 10.3. The standard InChI is InChI=1S/C7H4Cl2O3/c8-6-4(3-10)1-2-5(11)7(6)12-9/h1-3,11H. The number of halogens is 2. The summed E-state index contributed by atoms with van der Waals surface area (Å²) in [5.74, 6) is -0.316. The van der Waals surface area contributed by atoms with Crippen molar-refractivity contribution in [2.24, 2.45) is 0 Å². The van der Waals surface area contributed by atoms with E-state index in [1.807, 2.05) is 0 Å². The fourth-order valence-corrected chi connectivity index (χ4v) is 1.16. The van der Waals surface area contributed by atoms with Gasteiger partial charge >= 0.3 is 0 Å². The molecular weight excluding hydrogens is 203 g/mol. The predicted octanol–water partition coefficient (Wildman–Crippen LogP) is 2.39. The number of carbonyl (C=O) groups is 1. The van der Waals surface area contributed by atoms with Crippen molar-refractivity contribution in [3.8, 4) is 11.5 Å². The third-order valence-electron chi connectivity index (χ3n) is 1.31. The van der Waals surface area contributed by atoms with Crippen molar-refractivity contribution in [2.45, 2.75) is 0 Å². The molecule has 0 aromatic heterocycles. The fourth-order valence-electron chi connectivity index (χ4n) is 0.726. The van der Waals surface area contributed by atoms with E-state index in [4.69, 9.17) is 28.6 Å². The van der Waals surface area contributed by atoms with Crippen molar-refractivity contribution in [1.82, 2.24) is 0 Å². The van der Waals surface area contributed by atoms with Gasteiger partial charge in [-0.1, -0.05) is 11.6 Å². The number of carbonyl (C=O) groups excluding carboxylic acids is 1. The largest absolute Gasteiger partial charge is 0.504 e. The number of aldehydes is 1. The van der Waals surface area contributed by atoms with Crippen LogP contribution in [-0.2, 0) is 0 Å². The van der Waals surface area contributed by atoms with Crippen LogP contribution in [0.5, 0.6) is 11.5 Å². The van der Waals surface area contributed by atoms with Gasteiger partial charge in [0.1, 0.15) is 11.9 Å². The molecule has 3 nitrogen and oxygen atoms in total. The van der Waals surface area contributed by atoms with Crippen LogP contribution in [0.3, 0.4) is 0 Å². The van der Waals surface area contributed by atoms with Gasteiger partial charge < -0.3 is 9.40 Å². The zero-order valence-corrected chi connectivity index (χ0v) is 7.26. The quantitative estimate of drug-likeness (QED) is 0.757. The Bertz CT molecular complexity index is 312. The van der Waals surface area contributed by atoms with Crippen LogP contribution >= 0.6 is 23.5 Å². The molecule has 0 saturated carbocycles. The lowest BCUT2D eigenvalue weighted by atomic mass is 10.2. The van der Waals surface area contributed by atoms with Gasteiger partial charge in [-0.2, -0.15) is 0 Å². The monoisotopic (exact) mass is 206 g/mol. The lowest BCUT2D eigenvalue weighted by Crippen LogP contribution is -1.85. The number of hydrogen-bond acceptors (Lipinski definition) is 3. The molecule has 5 heteroatoms. The van der Waals surface area contributed by atoms with Gasteiger partial charge in [0.15, 0.2) is 12.0 Å². The fraction of sp³-hybridized carbons (Fsp3) is 0. The Balaban J connectivity index is 3.33. The summed E-state index contributed by atoms with van der Waals surface area (Å²) in [6.45, 7) is 0. The van der Waals surface area contributed by atoms with Crippen molar-refractivity contribution in [3.63, 3.8) is 0 Å². The van der Waals surface area contributed by atoms with Gasteiger partial charge in [0.2, 0.25) is 5.75 Å². The molecule has 0 fully saturated rings. The van der Waals surface area contributed by atoms with Crippen molar-refractivity contribution >= 4 is 29.8 Å². The molecule has 0 unspecified atom stereocenters. The van der Waals surface area contributed by atoms with Gasteiger partial charge in [0.25, 0.3) is 0 Å². The average Bonchev–Trinajstić information content (AvgIpc) is 2.06. The van der Waals surface area contributed by atoms with Crippen LogP contribution in [0.15, 0.2) is 12.1 Å². The van der Waals surface area contributed by atoms with E-state index in [-0.39, 0.29) is 22.1 Å². The minimum atomic E-state index is -0.208. The Labute approximate surface area is 78.6 Å². The van der Waals surface area contributed by atoms with Crippen molar-refractivity contribution in [3.05, 3.63) is 22.7 Å². The zero-order chi connectivity index (χ0) is 9.14. The first-order valence-electron chi connectivity index (χ1n) is 2.96. The molecule has 1 aromatic rings. The molecule has 1 rings (SSSR count). The zero-order valence-electron chi connectivity index (χ0n) is 5.75.